The molecule has 0 saturated carbocycles. The van der Waals surface area contributed by atoms with Gasteiger partial charge in [0.05, 0.1) is 0 Å². The van der Waals surface area contributed by atoms with Gasteiger partial charge in [0.25, 0.3) is 0 Å². The van der Waals surface area contributed by atoms with E-state index >= 15 is 0 Å². The highest BCUT2D eigenvalue weighted by molar-refractivity contribution is 5.74. The highest BCUT2D eigenvalue weighted by Gasteiger charge is 1.99. The van der Waals surface area contributed by atoms with Crippen LogP contribution in [0.25, 0.3) is 10.4 Å². The molecule has 0 fully saturated rings. The summed E-state index contributed by atoms with van der Waals surface area (Å²) in [5.41, 5.74) is 7.95. The predicted molar refractivity (Wildman–Crippen MR) is 35.1 cm³/mol. The number of carbonyl (C=O) groups excluding carboxylic acids is 1. The maximum absolute atomic E-state index is 10.6. The first-order chi connectivity index (χ1) is 5.24. The van der Waals surface area contributed by atoms with E-state index in [0.717, 1.165) is 4.68 Å². The Hall–Kier alpha value is -1.88. The summed E-state index contributed by atoms with van der Waals surface area (Å²) in [6.07, 6.45) is 1.19. The van der Waals surface area contributed by atoms with Crippen LogP contribution >= 0.6 is 0 Å². The van der Waals surface area contributed by atoms with Gasteiger partial charge in [-0.25, -0.2) is 4.98 Å². The monoisotopic (exact) mass is 152 g/mol. The van der Waals surface area contributed by atoms with Crippen molar-refractivity contribution in [3.63, 3.8) is 0 Å². The minimum Gasteiger partial charge on any atom is -0.273 e. The number of nitrogens with zero attached hydrogens (tertiary/aromatic N) is 6. The molecule has 0 unspecified atom stereocenters. The van der Waals surface area contributed by atoms with Crippen LogP contribution in [-0.4, -0.2) is 20.7 Å². The Balaban J connectivity index is 2.99. The first kappa shape index (κ1) is 7.23. The molecule has 1 rings (SSSR count). The lowest BCUT2D eigenvalue weighted by Crippen LogP contribution is -2.04. The quantitative estimate of drug-likeness (QED) is 0.339. The lowest BCUT2D eigenvalue weighted by atomic mass is 10.7. The molecule has 0 aliphatic carbocycles. The molecule has 1 aromatic rings. The second-order valence-electron chi connectivity index (χ2n) is 1.70. The molecule has 0 aliphatic heterocycles. The molecule has 7 nitrogen and oxygen atoms in total. The summed E-state index contributed by atoms with van der Waals surface area (Å²) >= 11 is 0. The number of rotatable bonds is 1. The number of azide groups is 1. The molecular weight excluding hydrogens is 148 g/mol. The molecule has 0 atom stereocenters. The molecule has 1 heterocycles. The highest BCUT2D eigenvalue weighted by atomic mass is 16.2. The largest absolute Gasteiger partial charge is 0.273 e. The van der Waals surface area contributed by atoms with Gasteiger partial charge in [0, 0.05) is 11.8 Å². The Labute approximate surface area is 61.3 Å². The summed E-state index contributed by atoms with van der Waals surface area (Å²) in [4.78, 5) is 16.6. The molecule has 0 radical (unpaired) electrons. The van der Waals surface area contributed by atoms with E-state index in [4.69, 9.17) is 5.53 Å². The minimum atomic E-state index is -0.281. The number of hydrogen-bond acceptors (Lipinski definition) is 4. The summed E-state index contributed by atoms with van der Waals surface area (Å²) in [6, 6.07) is 0. The van der Waals surface area contributed by atoms with Crippen LogP contribution in [0.2, 0.25) is 0 Å². The van der Waals surface area contributed by atoms with Crippen LogP contribution in [-0.2, 0) is 0 Å². The van der Waals surface area contributed by atoms with Gasteiger partial charge < -0.3 is 0 Å². The summed E-state index contributed by atoms with van der Waals surface area (Å²) in [7, 11) is 0. The van der Waals surface area contributed by atoms with Crippen LogP contribution in [0.4, 0.5) is 5.95 Å². The Morgan fingerprint density at radius 1 is 1.91 bits per heavy atom. The molecule has 7 heteroatoms. The SMILES string of the molecule is CC(=O)n1cnc(N=[N+]=[N-])n1. The van der Waals surface area contributed by atoms with E-state index in [9.17, 15) is 4.79 Å². The molecular formula is C4H4N6O. The Morgan fingerprint density at radius 2 is 2.64 bits per heavy atom. The van der Waals surface area contributed by atoms with Gasteiger partial charge in [0.1, 0.15) is 6.33 Å². The van der Waals surface area contributed by atoms with E-state index < -0.39 is 0 Å². The molecule has 0 bridgehead atoms. The first-order valence-corrected chi connectivity index (χ1v) is 2.71. The Bertz CT molecular complexity index is 305. The van der Waals surface area contributed by atoms with Crippen LogP contribution in [0.3, 0.4) is 0 Å². The molecule has 0 spiro atoms. The Morgan fingerprint density at radius 3 is 3.09 bits per heavy atom. The molecule has 0 amide bonds. The molecule has 0 saturated heterocycles. The summed E-state index contributed by atoms with van der Waals surface area (Å²) in [5, 5.41) is 6.63. The van der Waals surface area contributed by atoms with Gasteiger partial charge >= 0.3 is 0 Å². The third-order valence-corrected chi connectivity index (χ3v) is 0.937. The third-order valence-electron chi connectivity index (χ3n) is 0.937. The van der Waals surface area contributed by atoms with Crippen LogP contribution in [0.15, 0.2) is 11.4 Å². The van der Waals surface area contributed by atoms with Gasteiger partial charge in [-0.2, -0.15) is 4.68 Å². The molecule has 0 aliphatic rings. The topological polar surface area (TPSA) is 96.5 Å². The van der Waals surface area contributed by atoms with Gasteiger partial charge in [0.2, 0.25) is 11.9 Å². The van der Waals surface area contributed by atoms with Gasteiger partial charge in [-0.3, -0.25) is 4.79 Å². The third kappa shape index (κ3) is 1.53. The van der Waals surface area contributed by atoms with E-state index in [0.29, 0.717) is 0 Å². The summed E-state index contributed by atoms with van der Waals surface area (Å²) < 4.78 is 0.990. The van der Waals surface area contributed by atoms with Crippen molar-refractivity contribution in [3.8, 4) is 0 Å². The van der Waals surface area contributed by atoms with Crippen molar-refractivity contribution in [1.82, 2.24) is 14.8 Å². The van der Waals surface area contributed by atoms with E-state index in [-0.39, 0.29) is 11.9 Å². The number of aromatic nitrogens is 3. The van der Waals surface area contributed by atoms with E-state index in [2.05, 4.69) is 20.1 Å². The number of hydrogen-bond donors (Lipinski definition) is 0. The zero-order chi connectivity index (χ0) is 8.27. The first-order valence-electron chi connectivity index (χ1n) is 2.71. The second kappa shape index (κ2) is 2.80. The standard InChI is InChI=1S/C4H4N6O/c1-3(11)10-2-6-4(8-10)7-9-5/h2H,1H3. The molecule has 11 heavy (non-hydrogen) atoms. The average molecular weight is 152 g/mol. The minimum absolute atomic E-state index is 0.0531. The molecule has 0 aromatic carbocycles. The van der Waals surface area contributed by atoms with E-state index in [1.165, 1.54) is 13.3 Å². The van der Waals surface area contributed by atoms with Crippen LogP contribution in [0, 0.1) is 0 Å². The molecule has 1 aromatic heterocycles. The zero-order valence-corrected chi connectivity index (χ0v) is 5.67. The van der Waals surface area contributed by atoms with Gasteiger partial charge in [-0.05, 0) is 10.6 Å². The van der Waals surface area contributed by atoms with Gasteiger partial charge in [-0.15, -0.1) is 5.10 Å². The van der Waals surface area contributed by atoms with E-state index in [1.807, 2.05) is 0 Å². The zero-order valence-electron chi connectivity index (χ0n) is 5.67. The predicted octanol–water partition coefficient (Wildman–Crippen LogP) is 0.880. The molecule has 56 valence electrons. The normalized spacial score (nSPS) is 8.82. The average Bonchev–Trinajstić information content (AvgIpc) is 2.37. The van der Waals surface area contributed by atoms with Crippen LogP contribution in [0.1, 0.15) is 11.7 Å². The maximum atomic E-state index is 10.6. The Kier molecular flexibility index (Phi) is 1.84. The van der Waals surface area contributed by atoms with Crippen LogP contribution < -0.4 is 0 Å². The van der Waals surface area contributed by atoms with E-state index in [1.54, 1.807) is 0 Å². The summed E-state index contributed by atoms with van der Waals surface area (Å²) in [6.45, 7) is 1.33. The van der Waals surface area contributed by atoms with Crippen molar-refractivity contribution in [2.75, 3.05) is 0 Å². The lowest BCUT2D eigenvalue weighted by molar-refractivity contribution is 0.0921. The second-order valence-corrected chi connectivity index (χ2v) is 1.70. The maximum Gasteiger partial charge on any atom is 0.245 e. The number of carbonyl (C=O) groups is 1. The van der Waals surface area contributed by atoms with Crippen molar-refractivity contribution in [3.05, 3.63) is 16.8 Å². The summed E-state index contributed by atoms with van der Waals surface area (Å²) in [5.74, 6) is -0.334. The van der Waals surface area contributed by atoms with Crippen molar-refractivity contribution in [1.29, 1.82) is 0 Å². The lowest BCUT2D eigenvalue weighted by Gasteiger charge is -1.86. The van der Waals surface area contributed by atoms with Crippen molar-refractivity contribution in [2.45, 2.75) is 6.92 Å². The fourth-order valence-electron chi connectivity index (χ4n) is 0.492. The van der Waals surface area contributed by atoms with Crippen molar-refractivity contribution >= 4 is 11.9 Å². The fourth-order valence-corrected chi connectivity index (χ4v) is 0.492. The fraction of sp³-hybridized carbons (Fsp3) is 0.250. The van der Waals surface area contributed by atoms with Gasteiger partial charge in [0.15, 0.2) is 0 Å². The highest BCUT2D eigenvalue weighted by Crippen LogP contribution is 2.00. The van der Waals surface area contributed by atoms with Crippen molar-refractivity contribution in [2.24, 2.45) is 5.11 Å². The van der Waals surface area contributed by atoms with Crippen molar-refractivity contribution < 1.29 is 4.79 Å². The molecule has 0 N–H and O–H groups in total. The van der Waals surface area contributed by atoms with Crippen LogP contribution in [0.5, 0.6) is 0 Å². The smallest absolute Gasteiger partial charge is 0.245 e. The van der Waals surface area contributed by atoms with Gasteiger partial charge in [-0.1, -0.05) is 0 Å².